The Morgan fingerprint density at radius 1 is 1.54 bits per heavy atom. The fraction of sp³-hybridized carbons (Fsp3) is 0.889. The summed E-state index contributed by atoms with van der Waals surface area (Å²) in [5.41, 5.74) is 0. The second-order valence-electron chi connectivity index (χ2n) is 3.44. The van der Waals surface area contributed by atoms with Crippen LogP contribution in [0.2, 0.25) is 0 Å². The molecule has 0 aromatic rings. The maximum absolute atomic E-state index is 11.3. The molecular weight excluding hydrogens is 170 g/mol. The van der Waals surface area contributed by atoms with Crippen molar-refractivity contribution in [3.8, 4) is 0 Å². The van der Waals surface area contributed by atoms with Gasteiger partial charge in [0.25, 0.3) is 5.91 Å². The van der Waals surface area contributed by atoms with E-state index in [1.165, 1.54) is 6.92 Å². The van der Waals surface area contributed by atoms with E-state index in [2.05, 4.69) is 0 Å². The molecule has 13 heavy (non-hydrogen) atoms. The second kappa shape index (κ2) is 4.58. The van der Waals surface area contributed by atoms with Crippen molar-refractivity contribution in [2.45, 2.75) is 32.0 Å². The fourth-order valence-corrected chi connectivity index (χ4v) is 1.58. The summed E-state index contributed by atoms with van der Waals surface area (Å²) in [6.45, 7) is 2.90. The smallest absolute Gasteiger partial charge is 0.251 e. The van der Waals surface area contributed by atoms with E-state index in [0.29, 0.717) is 13.1 Å². The highest BCUT2D eigenvalue weighted by Crippen LogP contribution is 2.13. The lowest BCUT2D eigenvalue weighted by Crippen LogP contribution is -2.44. The van der Waals surface area contributed by atoms with Crippen LogP contribution >= 0.6 is 0 Å². The van der Waals surface area contributed by atoms with Crippen molar-refractivity contribution in [2.75, 3.05) is 20.2 Å². The van der Waals surface area contributed by atoms with Gasteiger partial charge in [-0.3, -0.25) is 4.79 Å². The van der Waals surface area contributed by atoms with Gasteiger partial charge in [0, 0.05) is 20.2 Å². The molecule has 0 saturated carbocycles. The van der Waals surface area contributed by atoms with Crippen LogP contribution in [0.4, 0.5) is 0 Å². The van der Waals surface area contributed by atoms with E-state index in [-0.39, 0.29) is 12.0 Å². The molecule has 0 radical (unpaired) electrons. The molecule has 1 saturated heterocycles. The van der Waals surface area contributed by atoms with Crippen molar-refractivity contribution < 1.29 is 14.6 Å². The van der Waals surface area contributed by atoms with Crippen molar-refractivity contribution in [1.29, 1.82) is 0 Å². The minimum absolute atomic E-state index is 0.172. The van der Waals surface area contributed by atoms with Gasteiger partial charge < -0.3 is 14.7 Å². The molecule has 4 heteroatoms. The third-order valence-corrected chi connectivity index (χ3v) is 2.44. The summed E-state index contributed by atoms with van der Waals surface area (Å²) in [6, 6.07) is 0. The van der Waals surface area contributed by atoms with E-state index in [4.69, 9.17) is 9.84 Å². The van der Waals surface area contributed by atoms with Crippen molar-refractivity contribution in [3.05, 3.63) is 0 Å². The van der Waals surface area contributed by atoms with Crippen LogP contribution in [0, 0.1) is 0 Å². The number of rotatable bonds is 2. The highest BCUT2D eigenvalue weighted by Gasteiger charge is 2.24. The molecule has 4 nitrogen and oxygen atoms in total. The molecule has 0 aromatic heterocycles. The Labute approximate surface area is 78.5 Å². The summed E-state index contributed by atoms with van der Waals surface area (Å²) in [5, 5.41) is 9.07. The summed E-state index contributed by atoms with van der Waals surface area (Å²) < 4.78 is 5.18. The quantitative estimate of drug-likeness (QED) is 0.662. The van der Waals surface area contributed by atoms with Gasteiger partial charge in [-0.25, -0.2) is 0 Å². The number of aliphatic hydroxyl groups excluding tert-OH is 1. The van der Waals surface area contributed by atoms with Gasteiger partial charge in [0.2, 0.25) is 0 Å². The predicted octanol–water partition coefficient (Wildman–Crippen LogP) is 0.00460. The average Bonchev–Trinajstić information content (AvgIpc) is 2.17. The van der Waals surface area contributed by atoms with Gasteiger partial charge in [-0.1, -0.05) is 0 Å². The van der Waals surface area contributed by atoms with E-state index >= 15 is 0 Å². The Morgan fingerprint density at radius 2 is 2.08 bits per heavy atom. The standard InChI is InChI=1S/C9H17NO3/c1-7(11)9(12)10-5-3-8(13-2)4-6-10/h7-8,11H,3-6H2,1-2H3. The lowest BCUT2D eigenvalue weighted by molar-refractivity contribution is -0.141. The number of amides is 1. The first-order valence-electron chi connectivity index (χ1n) is 4.64. The number of likely N-dealkylation sites (tertiary alicyclic amines) is 1. The molecule has 1 unspecified atom stereocenters. The Kier molecular flexibility index (Phi) is 3.69. The number of carbonyl (C=O) groups is 1. The highest BCUT2D eigenvalue weighted by molar-refractivity contribution is 5.80. The van der Waals surface area contributed by atoms with Crippen LogP contribution < -0.4 is 0 Å². The molecule has 0 aromatic carbocycles. The predicted molar refractivity (Wildman–Crippen MR) is 48.3 cm³/mol. The van der Waals surface area contributed by atoms with Crippen LogP contribution in [0.1, 0.15) is 19.8 Å². The van der Waals surface area contributed by atoms with E-state index in [9.17, 15) is 4.79 Å². The molecule has 1 N–H and O–H groups in total. The lowest BCUT2D eigenvalue weighted by Gasteiger charge is -2.31. The maximum Gasteiger partial charge on any atom is 0.251 e. The zero-order valence-corrected chi connectivity index (χ0v) is 8.19. The van der Waals surface area contributed by atoms with Gasteiger partial charge >= 0.3 is 0 Å². The second-order valence-corrected chi connectivity index (χ2v) is 3.44. The Hall–Kier alpha value is -0.610. The summed E-state index contributed by atoms with van der Waals surface area (Å²) >= 11 is 0. The zero-order chi connectivity index (χ0) is 9.84. The summed E-state index contributed by atoms with van der Waals surface area (Å²) in [7, 11) is 1.69. The third kappa shape index (κ3) is 2.67. The maximum atomic E-state index is 11.3. The molecule has 1 aliphatic heterocycles. The Balaban J connectivity index is 2.36. The number of nitrogens with zero attached hydrogens (tertiary/aromatic N) is 1. The minimum atomic E-state index is -0.876. The number of piperidine rings is 1. The number of ether oxygens (including phenoxy) is 1. The Morgan fingerprint density at radius 3 is 2.46 bits per heavy atom. The van der Waals surface area contributed by atoms with Gasteiger partial charge in [0.05, 0.1) is 6.10 Å². The Bertz CT molecular complexity index is 174. The molecule has 0 spiro atoms. The lowest BCUT2D eigenvalue weighted by atomic mass is 10.1. The molecule has 1 amide bonds. The molecule has 1 atom stereocenters. The third-order valence-electron chi connectivity index (χ3n) is 2.44. The van der Waals surface area contributed by atoms with Crippen molar-refractivity contribution in [2.24, 2.45) is 0 Å². The number of methoxy groups -OCH3 is 1. The van der Waals surface area contributed by atoms with Crippen LogP contribution in [0.5, 0.6) is 0 Å². The first kappa shape index (κ1) is 10.5. The van der Waals surface area contributed by atoms with Crippen molar-refractivity contribution >= 4 is 5.91 Å². The zero-order valence-electron chi connectivity index (χ0n) is 8.19. The molecule has 1 aliphatic rings. The van der Waals surface area contributed by atoms with Crippen LogP contribution in [0.15, 0.2) is 0 Å². The van der Waals surface area contributed by atoms with Gasteiger partial charge in [-0.15, -0.1) is 0 Å². The molecule has 0 bridgehead atoms. The van der Waals surface area contributed by atoms with Gasteiger partial charge in [0.15, 0.2) is 0 Å². The largest absolute Gasteiger partial charge is 0.384 e. The van der Waals surface area contributed by atoms with Crippen LogP contribution in [0.3, 0.4) is 0 Å². The topological polar surface area (TPSA) is 49.8 Å². The monoisotopic (exact) mass is 187 g/mol. The van der Waals surface area contributed by atoms with Crippen molar-refractivity contribution in [3.63, 3.8) is 0 Å². The fourth-order valence-electron chi connectivity index (χ4n) is 1.58. The SMILES string of the molecule is COC1CCN(C(=O)C(C)O)CC1. The average molecular weight is 187 g/mol. The first-order chi connectivity index (χ1) is 6.15. The van der Waals surface area contributed by atoms with Crippen molar-refractivity contribution in [1.82, 2.24) is 4.90 Å². The van der Waals surface area contributed by atoms with Gasteiger partial charge in [-0.05, 0) is 19.8 Å². The molecule has 1 rings (SSSR count). The van der Waals surface area contributed by atoms with E-state index in [1.807, 2.05) is 0 Å². The van der Waals surface area contributed by atoms with Gasteiger partial charge in [-0.2, -0.15) is 0 Å². The molecular formula is C9H17NO3. The summed E-state index contributed by atoms with van der Waals surface area (Å²) in [4.78, 5) is 13.0. The highest BCUT2D eigenvalue weighted by atomic mass is 16.5. The normalized spacial score (nSPS) is 21.6. The van der Waals surface area contributed by atoms with E-state index in [0.717, 1.165) is 12.8 Å². The molecule has 1 heterocycles. The van der Waals surface area contributed by atoms with Crippen LogP contribution in [-0.4, -0.2) is 48.3 Å². The first-order valence-corrected chi connectivity index (χ1v) is 4.64. The van der Waals surface area contributed by atoms with Crippen LogP contribution in [-0.2, 0) is 9.53 Å². The molecule has 1 fully saturated rings. The van der Waals surface area contributed by atoms with Gasteiger partial charge in [0.1, 0.15) is 6.10 Å². The van der Waals surface area contributed by atoms with E-state index in [1.54, 1.807) is 12.0 Å². The summed E-state index contributed by atoms with van der Waals surface area (Å²) in [5.74, 6) is -0.172. The summed E-state index contributed by atoms with van der Waals surface area (Å²) in [6.07, 6.45) is 1.14. The number of hydrogen-bond donors (Lipinski definition) is 1. The molecule has 76 valence electrons. The molecule has 0 aliphatic carbocycles. The number of carbonyl (C=O) groups excluding carboxylic acids is 1. The number of hydrogen-bond acceptors (Lipinski definition) is 3. The number of aliphatic hydroxyl groups is 1. The van der Waals surface area contributed by atoms with E-state index < -0.39 is 6.10 Å². The van der Waals surface area contributed by atoms with Crippen LogP contribution in [0.25, 0.3) is 0 Å². The minimum Gasteiger partial charge on any atom is -0.384 e.